The van der Waals surface area contributed by atoms with Crippen molar-refractivity contribution in [1.82, 2.24) is 9.80 Å². The molecule has 0 saturated carbocycles. The van der Waals surface area contributed by atoms with Crippen molar-refractivity contribution in [3.8, 4) is 5.75 Å². The van der Waals surface area contributed by atoms with Crippen LogP contribution in [0.3, 0.4) is 0 Å². The van der Waals surface area contributed by atoms with E-state index < -0.39 is 16.1 Å². The Morgan fingerprint density at radius 2 is 1.76 bits per heavy atom. The lowest BCUT2D eigenvalue weighted by Crippen LogP contribution is -2.47. The Bertz CT molecular complexity index is 1520. The molecule has 250 valence electrons. The fraction of sp³-hybridized carbons (Fsp3) is 0.472. The van der Waals surface area contributed by atoms with Crippen LogP contribution in [0, 0.1) is 12.8 Å². The third-order valence-corrected chi connectivity index (χ3v) is 9.82. The van der Waals surface area contributed by atoms with Crippen LogP contribution in [0.4, 0.5) is 5.69 Å². The van der Waals surface area contributed by atoms with Crippen LogP contribution in [0.2, 0.25) is 0 Å². The van der Waals surface area contributed by atoms with Gasteiger partial charge in [-0.05, 0) is 83.0 Å². The van der Waals surface area contributed by atoms with Crippen LogP contribution in [0.5, 0.6) is 5.75 Å². The summed E-state index contributed by atoms with van der Waals surface area (Å²) in [5, 5.41) is 10.2. The number of hydrogen-bond acceptors (Lipinski definition) is 7. The van der Waals surface area contributed by atoms with Gasteiger partial charge in [-0.1, -0.05) is 55.0 Å². The van der Waals surface area contributed by atoms with E-state index in [4.69, 9.17) is 9.47 Å². The van der Waals surface area contributed by atoms with Crippen LogP contribution in [0.1, 0.15) is 61.5 Å². The molecular formula is C36H49N3O6S. The lowest BCUT2D eigenvalue weighted by Gasteiger charge is -2.36. The molecule has 3 aromatic rings. The maximum atomic E-state index is 14.4. The van der Waals surface area contributed by atoms with E-state index in [2.05, 4.69) is 35.7 Å². The molecule has 2 N–H and O–H groups in total. The number of nitrogens with one attached hydrogen (secondary N) is 1. The maximum absolute atomic E-state index is 14.4. The third-order valence-electron chi connectivity index (χ3n) is 8.42. The number of amides is 1. The molecule has 0 saturated heterocycles. The molecule has 4 atom stereocenters. The van der Waals surface area contributed by atoms with E-state index in [9.17, 15) is 18.3 Å². The molecule has 0 fully saturated rings. The van der Waals surface area contributed by atoms with Crippen molar-refractivity contribution >= 4 is 21.6 Å². The van der Waals surface area contributed by atoms with E-state index in [0.29, 0.717) is 25.4 Å². The second-order valence-electron chi connectivity index (χ2n) is 12.6. The Balaban J connectivity index is 1.64. The topological polar surface area (TPSA) is 108 Å². The van der Waals surface area contributed by atoms with Crippen molar-refractivity contribution in [3.63, 3.8) is 0 Å². The van der Waals surface area contributed by atoms with Gasteiger partial charge in [0.25, 0.3) is 15.9 Å². The van der Waals surface area contributed by atoms with Crippen molar-refractivity contribution in [3.05, 3.63) is 89.5 Å². The van der Waals surface area contributed by atoms with Gasteiger partial charge in [-0.15, -0.1) is 0 Å². The number of anilines is 1. The van der Waals surface area contributed by atoms with Gasteiger partial charge in [-0.2, -0.15) is 0 Å². The summed E-state index contributed by atoms with van der Waals surface area (Å²) in [6, 6.07) is 21.2. The number of aliphatic hydroxyl groups is 1. The van der Waals surface area contributed by atoms with Gasteiger partial charge in [0, 0.05) is 37.8 Å². The average molecular weight is 652 g/mol. The fourth-order valence-electron chi connectivity index (χ4n) is 5.65. The van der Waals surface area contributed by atoms with Crippen LogP contribution in [0.15, 0.2) is 77.7 Å². The van der Waals surface area contributed by atoms with E-state index in [1.807, 2.05) is 32.0 Å². The molecule has 1 aliphatic heterocycles. The minimum atomic E-state index is -3.90. The van der Waals surface area contributed by atoms with Crippen molar-refractivity contribution in [2.75, 3.05) is 38.1 Å². The number of likely N-dealkylation sites (N-methyl/N-ethyl adjacent to an activating group) is 1. The Kier molecular flexibility index (Phi) is 12.6. The van der Waals surface area contributed by atoms with Crippen LogP contribution in [0.25, 0.3) is 0 Å². The first-order chi connectivity index (χ1) is 22.0. The first kappa shape index (κ1) is 35.4. The molecule has 46 heavy (non-hydrogen) atoms. The number of carbonyl (C=O) groups is 1. The monoisotopic (exact) mass is 651 g/mol. The van der Waals surface area contributed by atoms with Gasteiger partial charge in [0.1, 0.15) is 5.75 Å². The van der Waals surface area contributed by atoms with E-state index in [0.717, 1.165) is 31.4 Å². The predicted octanol–water partition coefficient (Wildman–Crippen LogP) is 5.72. The van der Waals surface area contributed by atoms with Crippen molar-refractivity contribution in [2.24, 2.45) is 5.92 Å². The number of ether oxygens (including phenoxy) is 2. The minimum absolute atomic E-state index is 0.0642. The molecule has 0 radical (unpaired) electrons. The van der Waals surface area contributed by atoms with Gasteiger partial charge in [0.2, 0.25) is 0 Å². The molecular weight excluding hydrogens is 602 g/mol. The Morgan fingerprint density at radius 3 is 2.46 bits per heavy atom. The summed E-state index contributed by atoms with van der Waals surface area (Å²) in [6.07, 6.45) is 2.21. The molecule has 0 bridgehead atoms. The zero-order chi connectivity index (χ0) is 33.3. The summed E-state index contributed by atoms with van der Waals surface area (Å²) in [5.41, 5.74) is 2.64. The summed E-state index contributed by atoms with van der Waals surface area (Å²) < 4.78 is 41.8. The van der Waals surface area contributed by atoms with Crippen molar-refractivity contribution < 1.29 is 27.8 Å². The molecule has 1 amide bonds. The molecule has 9 nitrogen and oxygen atoms in total. The van der Waals surface area contributed by atoms with Gasteiger partial charge in [0.05, 0.1) is 35.3 Å². The Labute approximate surface area is 274 Å². The lowest BCUT2D eigenvalue weighted by molar-refractivity contribution is -0.0177. The summed E-state index contributed by atoms with van der Waals surface area (Å²) in [7, 11) is -1.82. The molecule has 1 aliphatic rings. The highest BCUT2D eigenvalue weighted by molar-refractivity contribution is 7.92. The highest BCUT2D eigenvalue weighted by Gasteiger charge is 2.30. The van der Waals surface area contributed by atoms with Crippen LogP contribution in [-0.4, -0.2) is 80.8 Å². The number of aliphatic hydroxyl groups excluding tert-OH is 1. The van der Waals surface area contributed by atoms with Crippen LogP contribution in [-0.2, 0) is 21.3 Å². The molecule has 4 rings (SSSR count). The molecule has 1 heterocycles. The molecule has 3 aromatic carbocycles. The number of sulfonamides is 1. The first-order valence-electron chi connectivity index (χ1n) is 16.1. The normalized spacial score (nSPS) is 20.8. The van der Waals surface area contributed by atoms with E-state index in [1.54, 1.807) is 48.2 Å². The summed E-state index contributed by atoms with van der Waals surface area (Å²) in [6.45, 7) is 9.88. The number of carbonyl (C=O) groups excluding carboxylic acids is 1. The largest absolute Gasteiger partial charge is 0.490 e. The molecule has 0 spiro atoms. The SMILES string of the molecule is Cc1ccc(S(=O)(=O)Nc2ccc3c(c2)C(=O)N([C@@H](C)CO)C[C@@H](C)[C@H](CN(C)Cc2ccccc2)OCCCC[C@H](C)O3)cc1. The number of fused-ring (bicyclic) bond motifs is 1. The predicted molar refractivity (Wildman–Crippen MR) is 182 cm³/mol. The number of rotatable bonds is 9. The van der Waals surface area contributed by atoms with Gasteiger partial charge < -0.3 is 19.5 Å². The highest BCUT2D eigenvalue weighted by Crippen LogP contribution is 2.29. The molecule has 0 aliphatic carbocycles. The second kappa shape index (κ2) is 16.4. The molecule has 0 aromatic heterocycles. The number of nitrogens with zero attached hydrogens (tertiary/aromatic N) is 2. The van der Waals surface area contributed by atoms with Crippen molar-refractivity contribution in [2.45, 2.75) is 76.6 Å². The quantitative estimate of drug-likeness (QED) is 0.305. The summed E-state index contributed by atoms with van der Waals surface area (Å²) >= 11 is 0. The average Bonchev–Trinajstić information content (AvgIpc) is 3.03. The second-order valence-corrected chi connectivity index (χ2v) is 14.3. The van der Waals surface area contributed by atoms with Gasteiger partial charge >= 0.3 is 0 Å². The smallest absolute Gasteiger partial charge is 0.261 e. The first-order valence-corrected chi connectivity index (χ1v) is 17.6. The number of aryl methyl sites for hydroxylation is 1. The third kappa shape index (κ3) is 9.78. The van der Waals surface area contributed by atoms with Gasteiger partial charge in [0.15, 0.2) is 0 Å². The Morgan fingerprint density at radius 1 is 1.04 bits per heavy atom. The van der Waals surface area contributed by atoms with Crippen molar-refractivity contribution in [1.29, 1.82) is 0 Å². The van der Waals surface area contributed by atoms with E-state index >= 15 is 0 Å². The van der Waals surface area contributed by atoms with Crippen LogP contribution >= 0.6 is 0 Å². The number of hydrogen-bond donors (Lipinski definition) is 2. The maximum Gasteiger partial charge on any atom is 0.261 e. The highest BCUT2D eigenvalue weighted by atomic mass is 32.2. The number of benzene rings is 3. The zero-order valence-electron chi connectivity index (χ0n) is 27.7. The Hall–Kier alpha value is -3.44. The van der Waals surface area contributed by atoms with E-state index in [1.165, 1.54) is 11.6 Å². The van der Waals surface area contributed by atoms with Crippen LogP contribution < -0.4 is 9.46 Å². The van der Waals surface area contributed by atoms with Gasteiger partial charge in [-0.3, -0.25) is 14.4 Å². The fourth-order valence-corrected chi connectivity index (χ4v) is 6.70. The lowest BCUT2D eigenvalue weighted by atomic mass is 10.0. The van der Waals surface area contributed by atoms with Gasteiger partial charge in [-0.25, -0.2) is 8.42 Å². The summed E-state index contributed by atoms with van der Waals surface area (Å²) in [4.78, 5) is 18.4. The molecule has 0 unspecified atom stereocenters. The van der Waals surface area contributed by atoms with E-state index in [-0.39, 0.29) is 46.8 Å². The standard InChI is InChI=1S/C36H49N3O6S/c1-26-14-17-32(18-15-26)46(42,43)37-31-16-19-34-33(21-31)36(41)39(28(3)25-40)22-27(2)35(44-20-10-9-11-29(4)45-34)24-38(5)23-30-12-7-6-8-13-30/h6-8,12-19,21,27-29,35,37,40H,9-11,20,22-25H2,1-5H3/t27-,28+,29+,35+/m1/s1. The molecule has 10 heteroatoms. The summed E-state index contributed by atoms with van der Waals surface area (Å²) in [5.74, 6) is -0.0305. The zero-order valence-corrected chi connectivity index (χ0v) is 28.5. The minimum Gasteiger partial charge on any atom is -0.490 e.